The van der Waals surface area contributed by atoms with Crippen LogP contribution in [0.5, 0.6) is 5.75 Å². The molecule has 0 saturated heterocycles. The maximum atomic E-state index is 12.2. The first-order chi connectivity index (χ1) is 15.3. The highest BCUT2D eigenvalue weighted by Crippen LogP contribution is 2.26. The Kier molecular flexibility index (Phi) is 5.86. The summed E-state index contributed by atoms with van der Waals surface area (Å²) in [5.74, 6) is 5.92. The summed E-state index contributed by atoms with van der Waals surface area (Å²) in [7, 11) is 1.40. The molecule has 4 rings (SSSR count). The number of hydrogen-bond donors (Lipinski definition) is 0. The Morgan fingerprint density at radius 1 is 1.16 bits per heavy atom. The van der Waals surface area contributed by atoms with Crippen LogP contribution in [-0.2, 0) is 22.5 Å². The number of pyridine rings is 1. The molecule has 164 valence electrons. The molecule has 1 aliphatic rings. The molecule has 0 amide bonds. The molecule has 1 unspecified atom stereocenters. The zero-order valence-corrected chi connectivity index (χ0v) is 17.0. The molecule has 3 aromatic rings. The second kappa shape index (κ2) is 8.75. The molecule has 6 nitrogen and oxygen atoms in total. The number of aryl methyl sites for hydroxylation is 1. The average molecular weight is 441 g/mol. The minimum Gasteiger partial charge on any atom is -0.469 e. The van der Waals surface area contributed by atoms with Crippen molar-refractivity contribution in [1.29, 1.82) is 0 Å². The third kappa shape index (κ3) is 5.09. The van der Waals surface area contributed by atoms with Gasteiger partial charge in [0.2, 0.25) is 0 Å². The molecule has 0 saturated carbocycles. The van der Waals surface area contributed by atoms with Gasteiger partial charge in [0, 0.05) is 30.3 Å². The van der Waals surface area contributed by atoms with Crippen molar-refractivity contribution in [2.45, 2.75) is 25.7 Å². The predicted octanol–water partition coefficient (Wildman–Crippen LogP) is 3.98. The van der Waals surface area contributed by atoms with Crippen LogP contribution in [0.1, 0.15) is 23.5 Å². The largest absolute Gasteiger partial charge is 0.573 e. The number of rotatable bonds is 3. The van der Waals surface area contributed by atoms with Gasteiger partial charge in [-0.05, 0) is 36.6 Å². The van der Waals surface area contributed by atoms with Gasteiger partial charge in [-0.2, -0.15) is 0 Å². The lowest BCUT2D eigenvalue weighted by atomic mass is 10.00. The Morgan fingerprint density at radius 2 is 1.94 bits per heavy atom. The number of nitrogens with zero attached hydrogens (tertiary/aromatic N) is 3. The number of fused-ring (bicyclic) bond motifs is 1. The molecule has 0 bridgehead atoms. The van der Waals surface area contributed by atoms with Crippen molar-refractivity contribution >= 4 is 5.97 Å². The number of carbonyl (C=O) groups is 1. The first-order valence-electron chi connectivity index (χ1n) is 9.79. The van der Waals surface area contributed by atoms with Crippen LogP contribution in [0, 0.1) is 17.8 Å². The zero-order valence-electron chi connectivity index (χ0n) is 17.0. The molecule has 1 aliphatic heterocycles. The van der Waals surface area contributed by atoms with Crippen LogP contribution in [0.3, 0.4) is 0 Å². The van der Waals surface area contributed by atoms with E-state index in [1.54, 1.807) is 0 Å². The molecule has 3 heterocycles. The smallest absolute Gasteiger partial charge is 0.469 e. The van der Waals surface area contributed by atoms with Gasteiger partial charge in [-0.15, -0.1) is 13.2 Å². The van der Waals surface area contributed by atoms with E-state index in [0.717, 1.165) is 35.3 Å². The molecule has 1 atom stereocenters. The van der Waals surface area contributed by atoms with E-state index in [0.29, 0.717) is 18.7 Å². The van der Waals surface area contributed by atoms with Gasteiger partial charge < -0.3 is 14.0 Å². The minimum absolute atomic E-state index is 0.157. The Morgan fingerprint density at radius 3 is 2.59 bits per heavy atom. The maximum Gasteiger partial charge on any atom is 0.573 e. The van der Waals surface area contributed by atoms with E-state index in [1.165, 1.54) is 19.2 Å². The average Bonchev–Trinajstić information content (AvgIpc) is 3.21. The summed E-state index contributed by atoms with van der Waals surface area (Å²) in [5.41, 5.74) is 2.78. The lowest BCUT2D eigenvalue weighted by molar-refractivity contribution is -0.274. The Hall–Kier alpha value is -3.80. The van der Waals surface area contributed by atoms with Crippen molar-refractivity contribution in [1.82, 2.24) is 14.5 Å². The molecule has 0 radical (unpaired) electrons. The Labute approximate surface area is 182 Å². The van der Waals surface area contributed by atoms with Crippen molar-refractivity contribution in [2.24, 2.45) is 5.92 Å². The van der Waals surface area contributed by atoms with Crippen molar-refractivity contribution in [2.75, 3.05) is 7.11 Å². The fraction of sp³-hybridized carbons (Fsp3) is 0.261. The molecule has 1 aromatic carbocycles. The molecule has 0 N–H and O–H groups in total. The van der Waals surface area contributed by atoms with Crippen LogP contribution in [0.2, 0.25) is 0 Å². The van der Waals surface area contributed by atoms with Gasteiger partial charge in [-0.25, -0.2) is 9.97 Å². The number of ether oxygens (including phenoxy) is 2. The third-order valence-electron chi connectivity index (χ3n) is 5.01. The Bertz CT molecular complexity index is 1170. The monoisotopic (exact) mass is 441 g/mol. The zero-order chi connectivity index (χ0) is 22.7. The number of methoxy groups -OCH3 is 1. The number of alkyl halides is 3. The van der Waals surface area contributed by atoms with Crippen LogP contribution >= 0.6 is 0 Å². The first kappa shape index (κ1) is 21.4. The summed E-state index contributed by atoms with van der Waals surface area (Å²) >= 11 is 0. The van der Waals surface area contributed by atoms with Gasteiger partial charge in [0.1, 0.15) is 17.3 Å². The molecule has 0 spiro atoms. The highest BCUT2D eigenvalue weighted by molar-refractivity contribution is 5.72. The van der Waals surface area contributed by atoms with E-state index in [2.05, 4.69) is 26.5 Å². The molecule has 0 fully saturated rings. The van der Waals surface area contributed by atoms with Crippen LogP contribution in [0.25, 0.3) is 11.3 Å². The van der Waals surface area contributed by atoms with Gasteiger partial charge in [-0.3, -0.25) is 4.79 Å². The van der Waals surface area contributed by atoms with E-state index in [1.807, 2.05) is 35.0 Å². The SMILES string of the molecule is COC(=O)C1CCc2nc(-c3ccc(C#Cc4ccc(OC(F)(F)F)cn4)cc3)cn2C1. The second-order valence-electron chi connectivity index (χ2n) is 7.21. The predicted molar refractivity (Wildman–Crippen MR) is 108 cm³/mol. The van der Waals surface area contributed by atoms with Gasteiger partial charge >= 0.3 is 12.3 Å². The number of halogens is 3. The van der Waals surface area contributed by atoms with Crippen molar-refractivity contribution in [3.8, 4) is 28.8 Å². The summed E-state index contributed by atoms with van der Waals surface area (Å²) in [4.78, 5) is 20.3. The number of carbonyl (C=O) groups excluding carboxylic acids is 1. The maximum absolute atomic E-state index is 12.2. The molecular formula is C23H18F3N3O3. The van der Waals surface area contributed by atoms with Crippen LogP contribution < -0.4 is 4.74 Å². The van der Waals surface area contributed by atoms with E-state index in [4.69, 9.17) is 4.74 Å². The van der Waals surface area contributed by atoms with Crippen molar-refractivity contribution < 1.29 is 27.4 Å². The van der Waals surface area contributed by atoms with Crippen LogP contribution in [0.4, 0.5) is 13.2 Å². The molecule has 2 aromatic heterocycles. The molecule has 0 aliphatic carbocycles. The second-order valence-corrected chi connectivity index (χ2v) is 7.21. The highest BCUT2D eigenvalue weighted by Gasteiger charge is 2.31. The number of aromatic nitrogens is 3. The van der Waals surface area contributed by atoms with E-state index < -0.39 is 12.1 Å². The summed E-state index contributed by atoms with van der Waals surface area (Å²) in [6.45, 7) is 0.554. The quantitative estimate of drug-likeness (QED) is 0.455. The molecule has 32 heavy (non-hydrogen) atoms. The highest BCUT2D eigenvalue weighted by atomic mass is 19.4. The topological polar surface area (TPSA) is 66.2 Å². The van der Waals surface area contributed by atoms with Crippen LogP contribution in [0.15, 0.2) is 48.8 Å². The van der Waals surface area contributed by atoms with Crippen molar-refractivity contribution in [3.05, 3.63) is 65.9 Å². The van der Waals surface area contributed by atoms with Gasteiger partial charge in [0.05, 0.1) is 24.9 Å². The van der Waals surface area contributed by atoms with Crippen LogP contribution in [-0.4, -0.2) is 34.0 Å². The van der Waals surface area contributed by atoms with Gasteiger partial charge in [-0.1, -0.05) is 18.1 Å². The van der Waals surface area contributed by atoms with Gasteiger partial charge in [0.15, 0.2) is 0 Å². The normalized spacial score (nSPS) is 15.3. The van der Waals surface area contributed by atoms with E-state index >= 15 is 0 Å². The number of benzene rings is 1. The number of esters is 1. The third-order valence-corrected chi connectivity index (χ3v) is 5.01. The standard InChI is InChI=1S/C23H18F3N3O3/c1-31-22(30)17-7-11-21-28-20(14-29(21)13-17)16-5-2-15(3-6-16)4-8-18-9-10-19(12-27-18)32-23(24,25)26/h2-3,5-6,9-10,12,14,17H,7,11,13H2,1H3. The summed E-state index contributed by atoms with van der Waals surface area (Å²) in [6, 6.07) is 9.98. The van der Waals surface area contributed by atoms with Crippen molar-refractivity contribution in [3.63, 3.8) is 0 Å². The lowest BCUT2D eigenvalue weighted by Gasteiger charge is -2.21. The summed E-state index contributed by atoms with van der Waals surface area (Å²) in [6.07, 6.45) is -0.419. The lowest BCUT2D eigenvalue weighted by Crippen LogP contribution is -2.27. The summed E-state index contributed by atoms with van der Waals surface area (Å²) in [5, 5.41) is 0. The van der Waals surface area contributed by atoms with Gasteiger partial charge in [0.25, 0.3) is 0 Å². The van der Waals surface area contributed by atoms with E-state index in [-0.39, 0.29) is 11.9 Å². The first-order valence-corrected chi connectivity index (χ1v) is 9.79. The fourth-order valence-corrected chi connectivity index (χ4v) is 3.45. The summed E-state index contributed by atoms with van der Waals surface area (Å²) < 4.78 is 47.2. The van der Waals surface area contributed by atoms with E-state index in [9.17, 15) is 18.0 Å². The molecule has 9 heteroatoms. The Balaban J connectivity index is 1.44. The minimum atomic E-state index is -4.76. The molecular weight excluding hydrogens is 423 g/mol. The fourth-order valence-electron chi connectivity index (χ4n) is 3.45. The number of hydrogen-bond acceptors (Lipinski definition) is 5. The number of imidazole rings is 1.